The zero-order valence-electron chi connectivity index (χ0n) is 11.9. The van der Waals surface area contributed by atoms with Crippen LogP contribution in [0.3, 0.4) is 0 Å². The number of nitrogens with zero attached hydrogens (tertiary/aromatic N) is 2. The number of hydrazine groups is 1. The molecule has 0 spiro atoms. The lowest BCUT2D eigenvalue weighted by molar-refractivity contribution is 0.490. The molecule has 0 saturated carbocycles. The molecule has 110 valence electrons. The summed E-state index contributed by atoms with van der Waals surface area (Å²) in [4.78, 5) is 2.12. The molecular weight excluding hydrogens is 292 g/mol. The molecule has 2 aromatic carbocycles. The Balaban J connectivity index is 1.66. The van der Waals surface area contributed by atoms with Crippen molar-refractivity contribution in [1.82, 2.24) is 15.4 Å². The number of fused-ring (bicyclic) bond motifs is 1. The first-order chi connectivity index (χ1) is 10.8. The molecule has 3 aromatic rings. The largest absolute Gasteiger partial charge is 0.344 e. The minimum Gasteiger partial charge on any atom is -0.344 e. The normalized spacial score (nSPS) is 17.9. The molecule has 0 bridgehead atoms. The third-order valence-corrected chi connectivity index (χ3v) is 4.26. The summed E-state index contributed by atoms with van der Waals surface area (Å²) in [5.74, 6) is 0. The van der Waals surface area contributed by atoms with Gasteiger partial charge in [-0.2, -0.15) is 0 Å². The van der Waals surface area contributed by atoms with Gasteiger partial charge in [0.25, 0.3) is 0 Å². The van der Waals surface area contributed by atoms with Crippen LogP contribution in [0, 0.1) is 0 Å². The molecule has 1 atom stereocenters. The number of hydrogen-bond donors (Lipinski definition) is 2. The van der Waals surface area contributed by atoms with Crippen molar-refractivity contribution in [3.8, 4) is 0 Å². The first-order valence-corrected chi connectivity index (χ1v) is 7.67. The molecule has 1 aromatic heterocycles. The van der Waals surface area contributed by atoms with Crippen molar-refractivity contribution in [1.29, 1.82) is 0 Å². The van der Waals surface area contributed by atoms with E-state index in [1.54, 1.807) is 0 Å². The maximum Gasteiger partial charge on any atom is 0.189 e. The zero-order valence-corrected chi connectivity index (χ0v) is 12.8. The average molecular weight is 308 g/mol. The molecule has 1 aliphatic rings. The van der Waals surface area contributed by atoms with Crippen molar-refractivity contribution >= 4 is 33.9 Å². The second-order valence-electron chi connectivity index (χ2n) is 5.32. The van der Waals surface area contributed by atoms with Crippen molar-refractivity contribution in [2.45, 2.75) is 12.7 Å². The van der Waals surface area contributed by atoms with Crippen LogP contribution in [0.4, 0.5) is 5.69 Å². The van der Waals surface area contributed by atoms with Crippen molar-refractivity contribution in [2.75, 3.05) is 4.90 Å². The van der Waals surface area contributed by atoms with Crippen LogP contribution >= 0.6 is 12.2 Å². The van der Waals surface area contributed by atoms with Gasteiger partial charge in [0.1, 0.15) is 6.17 Å². The van der Waals surface area contributed by atoms with Crippen LogP contribution in [0.15, 0.2) is 66.9 Å². The highest BCUT2D eigenvalue weighted by Gasteiger charge is 2.29. The van der Waals surface area contributed by atoms with E-state index in [1.165, 1.54) is 10.9 Å². The Morgan fingerprint density at radius 3 is 2.59 bits per heavy atom. The molecule has 0 aliphatic carbocycles. The summed E-state index contributed by atoms with van der Waals surface area (Å²) in [6.45, 7) is 0.801. The lowest BCUT2D eigenvalue weighted by Crippen LogP contribution is -2.40. The van der Waals surface area contributed by atoms with E-state index in [1.807, 2.05) is 18.2 Å². The van der Waals surface area contributed by atoms with Crippen LogP contribution in [0.1, 0.15) is 0 Å². The fourth-order valence-corrected chi connectivity index (χ4v) is 3.20. The number of hydrogen-bond acceptors (Lipinski definition) is 2. The maximum absolute atomic E-state index is 5.43. The summed E-state index contributed by atoms with van der Waals surface area (Å²) in [5, 5.41) is 1.95. The van der Waals surface area contributed by atoms with E-state index < -0.39 is 0 Å². The van der Waals surface area contributed by atoms with Crippen molar-refractivity contribution in [2.24, 2.45) is 0 Å². The smallest absolute Gasteiger partial charge is 0.189 e. The molecule has 5 heteroatoms. The van der Waals surface area contributed by atoms with Crippen molar-refractivity contribution in [3.63, 3.8) is 0 Å². The Hall–Kier alpha value is -2.37. The van der Waals surface area contributed by atoms with E-state index in [2.05, 4.69) is 69.0 Å². The predicted molar refractivity (Wildman–Crippen MR) is 93.5 cm³/mol. The Morgan fingerprint density at radius 2 is 1.73 bits per heavy atom. The number of nitrogens with one attached hydrogen (secondary N) is 2. The molecule has 1 fully saturated rings. The molecule has 2 N–H and O–H groups in total. The highest BCUT2D eigenvalue weighted by atomic mass is 32.1. The topological polar surface area (TPSA) is 32.2 Å². The first-order valence-electron chi connectivity index (χ1n) is 7.26. The van der Waals surface area contributed by atoms with Gasteiger partial charge in [0.15, 0.2) is 5.11 Å². The minimum atomic E-state index is 0.0747. The molecule has 4 rings (SSSR count). The van der Waals surface area contributed by atoms with Gasteiger partial charge in [0, 0.05) is 17.4 Å². The third-order valence-electron chi connectivity index (χ3n) is 3.96. The van der Waals surface area contributed by atoms with Crippen molar-refractivity contribution < 1.29 is 0 Å². The standard InChI is InChI=1S/C17H16N4S/c22-17-19-18-16(21(17)14-7-2-1-3-8-14)12-20-11-10-13-6-4-5-9-15(13)20/h1-11,16,18H,12H2,(H,19,22). The van der Waals surface area contributed by atoms with Gasteiger partial charge in [-0.05, 0) is 41.9 Å². The van der Waals surface area contributed by atoms with Gasteiger partial charge < -0.3 is 4.57 Å². The molecule has 0 amide bonds. The van der Waals surface area contributed by atoms with Gasteiger partial charge in [0.05, 0.1) is 6.54 Å². The SMILES string of the molecule is S=C1NNC(Cn2ccc3ccccc32)N1c1ccccc1. The van der Waals surface area contributed by atoms with Gasteiger partial charge in [-0.3, -0.25) is 10.3 Å². The highest BCUT2D eigenvalue weighted by Crippen LogP contribution is 2.21. The molecule has 2 heterocycles. The van der Waals surface area contributed by atoms with E-state index in [4.69, 9.17) is 12.2 Å². The number of benzene rings is 2. The van der Waals surface area contributed by atoms with Crippen LogP contribution in [-0.2, 0) is 6.54 Å². The van der Waals surface area contributed by atoms with Gasteiger partial charge in [-0.15, -0.1) is 0 Å². The Morgan fingerprint density at radius 1 is 0.955 bits per heavy atom. The van der Waals surface area contributed by atoms with Crippen LogP contribution in [-0.4, -0.2) is 15.8 Å². The molecule has 1 unspecified atom stereocenters. The number of para-hydroxylation sites is 2. The maximum atomic E-state index is 5.43. The molecular formula is C17H16N4S. The van der Waals surface area contributed by atoms with E-state index in [0.29, 0.717) is 5.11 Å². The van der Waals surface area contributed by atoms with Crippen LogP contribution in [0.5, 0.6) is 0 Å². The summed E-state index contributed by atoms with van der Waals surface area (Å²) < 4.78 is 2.25. The Kier molecular flexibility index (Phi) is 3.29. The molecule has 1 aliphatic heterocycles. The quantitative estimate of drug-likeness (QED) is 0.729. The van der Waals surface area contributed by atoms with Crippen LogP contribution in [0.2, 0.25) is 0 Å². The third kappa shape index (κ3) is 2.24. The lowest BCUT2D eigenvalue weighted by atomic mass is 10.2. The predicted octanol–water partition coefficient (Wildman–Crippen LogP) is 2.87. The second-order valence-corrected chi connectivity index (χ2v) is 5.71. The van der Waals surface area contributed by atoms with Gasteiger partial charge >= 0.3 is 0 Å². The summed E-state index contributed by atoms with van der Waals surface area (Å²) >= 11 is 5.43. The van der Waals surface area contributed by atoms with E-state index >= 15 is 0 Å². The van der Waals surface area contributed by atoms with Crippen LogP contribution < -0.4 is 15.8 Å². The van der Waals surface area contributed by atoms with Crippen molar-refractivity contribution in [3.05, 3.63) is 66.9 Å². The zero-order chi connectivity index (χ0) is 14.9. The minimum absolute atomic E-state index is 0.0747. The molecule has 4 nitrogen and oxygen atoms in total. The summed E-state index contributed by atoms with van der Waals surface area (Å²) in [7, 11) is 0. The fraction of sp³-hybridized carbons (Fsp3) is 0.118. The fourth-order valence-electron chi connectivity index (χ4n) is 2.91. The van der Waals surface area contributed by atoms with E-state index in [9.17, 15) is 0 Å². The lowest BCUT2D eigenvalue weighted by Gasteiger charge is -2.24. The molecule has 22 heavy (non-hydrogen) atoms. The van der Waals surface area contributed by atoms with Gasteiger partial charge in [-0.25, -0.2) is 5.43 Å². The van der Waals surface area contributed by atoms with Gasteiger partial charge in [0.2, 0.25) is 0 Å². The summed E-state index contributed by atoms with van der Waals surface area (Å²) in [6, 6.07) is 20.8. The first kappa shape index (κ1) is 13.3. The number of rotatable bonds is 3. The second kappa shape index (κ2) is 5.44. The molecule has 0 radical (unpaired) electrons. The highest BCUT2D eigenvalue weighted by molar-refractivity contribution is 7.80. The van der Waals surface area contributed by atoms with Gasteiger partial charge in [-0.1, -0.05) is 36.4 Å². The Labute approximate surface area is 134 Å². The van der Waals surface area contributed by atoms with Crippen LogP contribution in [0.25, 0.3) is 10.9 Å². The number of thiocarbonyl (C=S) groups is 1. The summed E-state index contributed by atoms with van der Waals surface area (Å²) in [5.41, 5.74) is 8.67. The monoisotopic (exact) mass is 308 g/mol. The van der Waals surface area contributed by atoms with E-state index in [-0.39, 0.29) is 6.17 Å². The number of anilines is 1. The average Bonchev–Trinajstić information content (AvgIpc) is 3.13. The number of aromatic nitrogens is 1. The summed E-state index contributed by atoms with van der Waals surface area (Å²) in [6.07, 6.45) is 2.20. The van der Waals surface area contributed by atoms with E-state index in [0.717, 1.165) is 12.2 Å². The Bertz CT molecular complexity index is 812. The molecule has 1 saturated heterocycles.